The summed E-state index contributed by atoms with van der Waals surface area (Å²) < 4.78 is 4.91. The Hall–Kier alpha value is -3.08. The average molecular weight is 311 g/mol. The van der Waals surface area contributed by atoms with Crippen LogP contribution in [0, 0.1) is 0 Å². The average Bonchev–Trinajstić information content (AvgIpc) is 2.59. The Labute approximate surface area is 134 Å². The van der Waals surface area contributed by atoms with E-state index in [1.807, 2.05) is 30.3 Å². The summed E-state index contributed by atoms with van der Waals surface area (Å²) in [6, 6.07) is 17.9. The van der Waals surface area contributed by atoms with E-state index in [9.17, 15) is 9.59 Å². The molecule has 5 heteroatoms. The Bertz CT molecular complexity index is 668. The van der Waals surface area contributed by atoms with Crippen molar-refractivity contribution in [1.29, 1.82) is 0 Å². The lowest BCUT2D eigenvalue weighted by molar-refractivity contribution is -0.138. The molecule has 0 saturated carbocycles. The summed E-state index contributed by atoms with van der Waals surface area (Å²) in [6.45, 7) is 1.86. The second-order valence-electron chi connectivity index (χ2n) is 4.48. The smallest absolute Gasteiger partial charge is 0.447 e. The van der Waals surface area contributed by atoms with Crippen molar-refractivity contribution in [1.82, 2.24) is 0 Å². The quantitative estimate of drug-likeness (QED) is 0.636. The summed E-state index contributed by atoms with van der Waals surface area (Å²) >= 11 is 0. The van der Waals surface area contributed by atoms with Crippen molar-refractivity contribution < 1.29 is 19.2 Å². The number of anilines is 1. The number of nitrogens with zero attached hydrogens (tertiary/aromatic N) is 1. The summed E-state index contributed by atoms with van der Waals surface area (Å²) in [7, 11) is 0. The molecule has 1 amide bonds. The van der Waals surface area contributed by atoms with Crippen LogP contribution in [0.25, 0.3) is 6.08 Å². The number of hydrogen-bond donors (Lipinski definition) is 0. The first-order valence-corrected chi connectivity index (χ1v) is 7.17. The van der Waals surface area contributed by atoms with Gasteiger partial charge in [0.15, 0.2) is 0 Å². The van der Waals surface area contributed by atoms with Crippen molar-refractivity contribution in [2.75, 3.05) is 11.7 Å². The van der Waals surface area contributed by atoms with Crippen LogP contribution in [0.3, 0.4) is 0 Å². The molecule has 0 radical (unpaired) electrons. The molecule has 0 saturated heterocycles. The Balaban J connectivity index is 2.09. The second kappa shape index (κ2) is 8.38. The highest BCUT2D eigenvalue weighted by Crippen LogP contribution is 2.15. The molecular weight excluding hydrogens is 294 g/mol. The maximum absolute atomic E-state index is 12.0. The SMILES string of the molecule is CCOC(=O)N(OC(=O)C=Cc1ccccc1)c1ccccc1. The van der Waals surface area contributed by atoms with E-state index in [2.05, 4.69) is 0 Å². The van der Waals surface area contributed by atoms with Crippen LogP contribution in [0.2, 0.25) is 0 Å². The van der Waals surface area contributed by atoms with Gasteiger partial charge in [0.2, 0.25) is 0 Å². The number of para-hydroxylation sites is 1. The van der Waals surface area contributed by atoms with E-state index in [1.165, 1.54) is 6.08 Å². The van der Waals surface area contributed by atoms with Crippen molar-refractivity contribution in [3.8, 4) is 0 Å². The van der Waals surface area contributed by atoms with Crippen LogP contribution in [-0.4, -0.2) is 18.7 Å². The van der Waals surface area contributed by atoms with Gasteiger partial charge in [-0.2, -0.15) is 0 Å². The van der Waals surface area contributed by atoms with Gasteiger partial charge in [-0.05, 0) is 30.7 Å². The summed E-state index contributed by atoms with van der Waals surface area (Å²) in [5.41, 5.74) is 1.26. The molecule has 0 aliphatic carbocycles. The summed E-state index contributed by atoms with van der Waals surface area (Å²) in [5, 5.41) is 0.834. The number of benzene rings is 2. The second-order valence-corrected chi connectivity index (χ2v) is 4.48. The molecule has 0 aliphatic rings. The number of rotatable bonds is 4. The largest absolute Gasteiger partial charge is 0.448 e. The van der Waals surface area contributed by atoms with Crippen LogP contribution in [0.4, 0.5) is 10.5 Å². The van der Waals surface area contributed by atoms with Gasteiger partial charge in [0.05, 0.1) is 12.3 Å². The fourth-order valence-corrected chi connectivity index (χ4v) is 1.79. The first-order chi connectivity index (χ1) is 11.2. The predicted octanol–water partition coefficient (Wildman–Crippen LogP) is 3.82. The molecule has 0 spiro atoms. The highest BCUT2D eigenvalue weighted by atomic mass is 16.7. The highest BCUT2D eigenvalue weighted by molar-refractivity contribution is 5.92. The minimum atomic E-state index is -0.750. The molecule has 23 heavy (non-hydrogen) atoms. The molecule has 0 N–H and O–H groups in total. The third kappa shape index (κ3) is 5.00. The summed E-state index contributed by atoms with van der Waals surface area (Å²) in [4.78, 5) is 29.0. The van der Waals surface area contributed by atoms with Crippen LogP contribution < -0.4 is 5.06 Å². The van der Waals surface area contributed by atoms with E-state index in [1.54, 1.807) is 43.3 Å². The van der Waals surface area contributed by atoms with E-state index >= 15 is 0 Å². The molecule has 0 unspecified atom stereocenters. The van der Waals surface area contributed by atoms with E-state index in [0.29, 0.717) is 5.69 Å². The lowest BCUT2D eigenvalue weighted by Crippen LogP contribution is -2.33. The van der Waals surface area contributed by atoms with E-state index in [0.717, 1.165) is 10.6 Å². The highest BCUT2D eigenvalue weighted by Gasteiger charge is 2.20. The number of hydrogen-bond acceptors (Lipinski definition) is 4. The minimum absolute atomic E-state index is 0.180. The van der Waals surface area contributed by atoms with Crippen molar-refractivity contribution in [3.05, 3.63) is 72.3 Å². The standard InChI is InChI=1S/C18H17NO4/c1-2-22-18(21)19(16-11-7-4-8-12-16)23-17(20)14-13-15-9-5-3-6-10-15/h3-14H,2H2,1H3. The molecule has 0 fully saturated rings. The number of ether oxygens (including phenoxy) is 1. The van der Waals surface area contributed by atoms with Crippen LogP contribution in [0.1, 0.15) is 12.5 Å². The summed E-state index contributed by atoms with van der Waals surface area (Å²) in [5.74, 6) is -0.675. The molecule has 0 aromatic heterocycles. The molecule has 2 aromatic rings. The van der Waals surface area contributed by atoms with Crippen LogP contribution in [0.5, 0.6) is 0 Å². The van der Waals surface area contributed by atoms with Gasteiger partial charge in [-0.1, -0.05) is 48.5 Å². The molecule has 2 aromatic carbocycles. The van der Waals surface area contributed by atoms with Crippen molar-refractivity contribution >= 4 is 23.8 Å². The molecule has 5 nitrogen and oxygen atoms in total. The van der Waals surface area contributed by atoms with Crippen molar-refractivity contribution in [3.63, 3.8) is 0 Å². The Morgan fingerprint density at radius 3 is 2.22 bits per heavy atom. The van der Waals surface area contributed by atoms with Crippen LogP contribution >= 0.6 is 0 Å². The zero-order valence-corrected chi connectivity index (χ0v) is 12.7. The third-order valence-electron chi connectivity index (χ3n) is 2.82. The maximum Gasteiger partial charge on any atom is 0.448 e. The first kappa shape index (κ1) is 16.3. The minimum Gasteiger partial charge on any atom is -0.447 e. The Kier molecular flexibility index (Phi) is 5.94. The van der Waals surface area contributed by atoms with Gasteiger partial charge in [0.25, 0.3) is 0 Å². The van der Waals surface area contributed by atoms with Gasteiger partial charge < -0.3 is 9.57 Å². The Morgan fingerprint density at radius 1 is 1.00 bits per heavy atom. The Morgan fingerprint density at radius 2 is 1.61 bits per heavy atom. The third-order valence-corrected chi connectivity index (χ3v) is 2.82. The van der Waals surface area contributed by atoms with Gasteiger partial charge in [-0.25, -0.2) is 9.59 Å². The van der Waals surface area contributed by atoms with Gasteiger partial charge in [-0.15, -0.1) is 5.06 Å². The van der Waals surface area contributed by atoms with Crippen molar-refractivity contribution in [2.45, 2.75) is 6.92 Å². The van der Waals surface area contributed by atoms with Crippen LogP contribution in [0.15, 0.2) is 66.7 Å². The number of carbonyl (C=O) groups is 2. The predicted molar refractivity (Wildman–Crippen MR) is 87.5 cm³/mol. The van der Waals surface area contributed by atoms with E-state index in [-0.39, 0.29) is 6.61 Å². The van der Waals surface area contributed by atoms with Crippen molar-refractivity contribution in [2.24, 2.45) is 0 Å². The van der Waals surface area contributed by atoms with Gasteiger partial charge in [-0.3, -0.25) is 0 Å². The molecule has 0 aliphatic heterocycles. The van der Waals surface area contributed by atoms with Gasteiger partial charge >= 0.3 is 12.1 Å². The lowest BCUT2D eigenvalue weighted by atomic mass is 10.2. The first-order valence-electron chi connectivity index (χ1n) is 7.17. The zero-order chi connectivity index (χ0) is 16.5. The molecule has 0 atom stereocenters. The van der Waals surface area contributed by atoms with Gasteiger partial charge in [0, 0.05) is 6.08 Å². The molecule has 2 rings (SSSR count). The van der Waals surface area contributed by atoms with E-state index in [4.69, 9.17) is 9.57 Å². The van der Waals surface area contributed by atoms with E-state index < -0.39 is 12.1 Å². The monoisotopic (exact) mass is 311 g/mol. The fourth-order valence-electron chi connectivity index (χ4n) is 1.79. The number of amides is 1. The number of carbonyl (C=O) groups excluding carboxylic acids is 2. The van der Waals surface area contributed by atoms with Crippen LogP contribution in [-0.2, 0) is 14.4 Å². The molecule has 118 valence electrons. The molecule has 0 bridgehead atoms. The normalized spacial score (nSPS) is 10.3. The maximum atomic E-state index is 12.0. The lowest BCUT2D eigenvalue weighted by Gasteiger charge is -2.19. The topological polar surface area (TPSA) is 55.8 Å². The molecule has 0 heterocycles. The summed E-state index contributed by atoms with van der Waals surface area (Å²) in [6.07, 6.45) is 2.11. The van der Waals surface area contributed by atoms with Gasteiger partial charge in [0.1, 0.15) is 0 Å². The number of hydroxylamine groups is 1. The fraction of sp³-hybridized carbons (Fsp3) is 0.111. The zero-order valence-electron chi connectivity index (χ0n) is 12.7. The molecular formula is C18H17NO4.